The molecule has 0 saturated heterocycles. The summed E-state index contributed by atoms with van der Waals surface area (Å²) in [6.45, 7) is -0.985. The molecule has 0 fully saturated rings. The van der Waals surface area contributed by atoms with E-state index in [1.54, 1.807) is 0 Å². The molecule has 0 spiro atoms. The van der Waals surface area contributed by atoms with E-state index in [-0.39, 0.29) is 51.4 Å². The normalized spacial score (nSPS) is 15.6. The van der Waals surface area contributed by atoms with Gasteiger partial charge in [0.15, 0.2) is 10.1 Å². The van der Waals surface area contributed by atoms with Crippen LogP contribution in [-0.2, 0) is 10.1 Å². The summed E-state index contributed by atoms with van der Waals surface area (Å²) in [5.74, 6) is -28.1. The maximum absolute atomic E-state index is 12.6. The van der Waals surface area contributed by atoms with E-state index < -0.39 is 46.0 Å². The molecule has 0 amide bonds. The molecule has 0 N–H and O–H groups in total. The first-order chi connectivity index (χ1) is 8.25. The standard InChI is InChI=1S/C6H4F10O3S.K/c1-2(7,8)3(9,10)4(11,12)5(13,14)6(15,16)20(17,18)19;/h1H3,(H,17,18,19);/q;+1/p-1. The Morgan fingerprint density at radius 1 is 0.714 bits per heavy atom. The van der Waals surface area contributed by atoms with Crippen molar-refractivity contribution in [3.8, 4) is 0 Å². The zero-order valence-corrected chi connectivity index (χ0v) is 13.9. The molecule has 15 heteroatoms. The first-order valence-corrected chi connectivity index (χ1v) is 5.50. The monoisotopic (exact) mass is 384 g/mol. The van der Waals surface area contributed by atoms with E-state index in [4.69, 9.17) is 0 Å². The SMILES string of the molecule is CC(F)(F)C(F)(F)C(F)(F)C(F)(F)C(F)(F)S(=O)(=O)[O-].[K+]. The van der Waals surface area contributed by atoms with Gasteiger partial charge in [0, 0.05) is 6.92 Å². The Balaban J connectivity index is 0. The molecule has 0 rings (SSSR count). The Kier molecular flexibility index (Phi) is 6.94. The minimum absolute atomic E-state index is 0. The van der Waals surface area contributed by atoms with Crippen LogP contribution >= 0.6 is 0 Å². The van der Waals surface area contributed by atoms with Crippen molar-refractivity contribution in [3.05, 3.63) is 0 Å². The van der Waals surface area contributed by atoms with Crippen molar-refractivity contribution >= 4 is 10.1 Å². The first-order valence-electron chi connectivity index (χ1n) is 4.09. The van der Waals surface area contributed by atoms with E-state index in [0.717, 1.165) is 0 Å². The van der Waals surface area contributed by atoms with Gasteiger partial charge in [-0.3, -0.25) is 0 Å². The molecule has 0 aliphatic carbocycles. The van der Waals surface area contributed by atoms with Crippen molar-refractivity contribution in [1.29, 1.82) is 0 Å². The van der Waals surface area contributed by atoms with Crippen molar-refractivity contribution in [2.24, 2.45) is 0 Å². The number of hydrogen-bond acceptors (Lipinski definition) is 3. The molecule has 0 aromatic carbocycles. The van der Waals surface area contributed by atoms with Gasteiger partial charge in [-0.2, -0.15) is 43.9 Å². The predicted molar refractivity (Wildman–Crippen MR) is 40.1 cm³/mol. The van der Waals surface area contributed by atoms with Gasteiger partial charge in [-0.15, -0.1) is 0 Å². The maximum Gasteiger partial charge on any atom is 1.00 e. The third-order valence-corrected chi connectivity index (χ3v) is 2.90. The second kappa shape index (κ2) is 6.05. The van der Waals surface area contributed by atoms with Crippen molar-refractivity contribution in [2.45, 2.75) is 35.9 Å². The van der Waals surface area contributed by atoms with Crippen LogP contribution in [0.4, 0.5) is 43.9 Å². The molecule has 0 heterocycles. The van der Waals surface area contributed by atoms with Crippen LogP contribution in [0.2, 0.25) is 0 Å². The minimum atomic E-state index is -7.58. The molecule has 0 atom stereocenters. The largest absolute Gasteiger partial charge is 1.00 e. The molecule has 0 aliphatic heterocycles. The molecular weight excluding hydrogens is 381 g/mol. The Morgan fingerprint density at radius 2 is 1.00 bits per heavy atom. The number of alkyl halides is 10. The minimum Gasteiger partial charge on any atom is -0.743 e. The average Bonchev–Trinajstić information content (AvgIpc) is 2.12. The molecule has 0 bridgehead atoms. The van der Waals surface area contributed by atoms with Gasteiger partial charge in [0.05, 0.1) is 0 Å². The Morgan fingerprint density at radius 3 is 1.19 bits per heavy atom. The fraction of sp³-hybridized carbons (Fsp3) is 1.00. The smallest absolute Gasteiger partial charge is 0.743 e. The Bertz CT molecular complexity index is 482. The molecule has 0 aromatic rings. The van der Waals surface area contributed by atoms with Crippen molar-refractivity contribution in [2.75, 3.05) is 0 Å². The van der Waals surface area contributed by atoms with E-state index in [9.17, 15) is 56.9 Å². The van der Waals surface area contributed by atoms with Gasteiger partial charge in [-0.1, -0.05) is 0 Å². The molecule has 21 heavy (non-hydrogen) atoms. The molecule has 0 unspecified atom stereocenters. The summed E-state index contributed by atoms with van der Waals surface area (Å²) < 4.78 is 154. The van der Waals surface area contributed by atoms with Crippen LogP contribution in [0, 0.1) is 0 Å². The molecular formula is C6H3F10KO3S. The van der Waals surface area contributed by atoms with E-state index in [0.29, 0.717) is 0 Å². The van der Waals surface area contributed by atoms with E-state index >= 15 is 0 Å². The summed E-state index contributed by atoms with van der Waals surface area (Å²) in [6, 6.07) is 0. The summed E-state index contributed by atoms with van der Waals surface area (Å²) >= 11 is 0. The molecule has 0 saturated carbocycles. The average molecular weight is 384 g/mol. The fourth-order valence-corrected chi connectivity index (χ4v) is 1.25. The maximum atomic E-state index is 12.6. The molecule has 0 radical (unpaired) electrons. The third-order valence-electron chi connectivity index (χ3n) is 2.02. The van der Waals surface area contributed by atoms with E-state index in [1.165, 1.54) is 0 Å². The first kappa shape index (κ1) is 24.1. The van der Waals surface area contributed by atoms with Crippen molar-refractivity contribution in [3.63, 3.8) is 0 Å². The van der Waals surface area contributed by atoms with Crippen LogP contribution in [0.5, 0.6) is 0 Å². The van der Waals surface area contributed by atoms with Gasteiger partial charge in [0.1, 0.15) is 0 Å². The van der Waals surface area contributed by atoms with Crippen LogP contribution in [-0.4, -0.2) is 41.9 Å². The summed E-state index contributed by atoms with van der Waals surface area (Å²) in [4.78, 5) is 0. The Labute approximate surface area is 153 Å². The van der Waals surface area contributed by atoms with E-state index in [1.807, 2.05) is 0 Å². The van der Waals surface area contributed by atoms with Crippen molar-refractivity contribution < 1.29 is 108 Å². The van der Waals surface area contributed by atoms with Crippen molar-refractivity contribution in [1.82, 2.24) is 0 Å². The summed E-state index contributed by atoms with van der Waals surface area (Å²) in [7, 11) is -7.54. The number of hydrogen-bond donors (Lipinski definition) is 0. The van der Waals surface area contributed by atoms with Crippen LogP contribution in [0.25, 0.3) is 0 Å². The van der Waals surface area contributed by atoms with Gasteiger partial charge in [-0.25, -0.2) is 8.42 Å². The van der Waals surface area contributed by atoms with Crippen LogP contribution in [0.3, 0.4) is 0 Å². The zero-order chi connectivity index (χ0) is 17.0. The summed E-state index contributed by atoms with van der Waals surface area (Å²) in [5, 5.41) is -7.24. The number of rotatable bonds is 5. The third kappa shape index (κ3) is 3.52. The van der Waals surface area contributed by atoms with Gasteiger partial charge in [0.25, 0.3) is 0 Å². The Hall–Kier alpha value is 0.846. The quantitative estimate of drug-likeness (QED) is 0.371. The van der Waals surface area contributed by atoms with Crippen LogP contribution < -0.4 is 51.4 Å². The van der Waals surface area contributed by atoms with E-state index in [2.05, 4.69) is 0 Å². The topological polar surface area (TPSA) is 57.2 Å². The van der Waals surface area contributed by atoms with Crippen LogP contribution in [0.1, 0.15) is 6.92 Å². The van der Waals surface area contributed by atoms with Gasteiger partial charge >= 0.3 is 80.3 Å². The molecule has 122 valence electrons. The zero-order valence-electron chi connectivity index (χ0n) is 9.91. The molecule has 0 aromatic heterocycles. The second-order valence-electron chi connectivity index (χ2n) is 3.58. The summed E-state index contributed by atoms with van der Waals surface area (Å²) in [5.41, 5.74) is 0. The van der Waals surface area contributed by atoms with Gasteiger partial charge in [0.2, 0.25) is 0 Å². The van der Waals surface area contributed by atoms with Crippen LogP contribution in [0.15, 0.2) is 0 Å². The molecule has 0 aliphatic rings. The summed E-state index contributed by atoms with van der Waals surface area (Å²) in [6.07, 6.45) is 0. The van der Waals surface area contributed by atoms with Gasteiger partial charge in [-0.05, 0) is 0 Å². The fourth-order valence-electron chi connectivity index (χ4n) is 0.813. The predicted octanol–water partition coefficient (Wildman–Crippen LogP) is -0.310. The molecule has 3 nitrogen and oxygen atoms in total. The second-order valence-corrected chi connectivity index (χ2v) is 5.00. The van der Waals surface area contributed by atoms with Gasteiger partial charge < -0.3 is 4.55 Å². The number of halogens is 10.